The molecule has 2 amide bonds. The molecule has 2 aliphatic rings. The maximum atomic E-state index is 11.6. The molecule has 1 aliphatic heterocycles. The zero-order valence-corrected chi connectivity index (χ0v) is 8.74. The molecular weight excluding hydrogens is 192 g/mol. The molecule has 0 aromatic heterocycles. The fraction of sp³-hybridized carbons (Fsp3) is 0.636. The van der Waals surface area contributed by atoms with Crippen molar-refractivity contribution in [3.8, 4) is 0 Å². The van der Waals surface area contributed by atoms with Crippen LogP contribution in [-0.4, -0.2) is 35.8 Å². The Balaban J connectivity index is 1.82. The van der Waals surface area contributed by atoms with Crippen molar-refractivity contribution in [1.29, 1.82) is 0 Å². The number of hydrogen-bond acceptors (Lipinski definition) is 2. The van der Waals surface area contributed by atoms with Gasteiger partial charge in [0.25, 0.3) is 0 Å². The molecule has 1 heterocycles. The van der Waals surface area contributed by atoms with Crippen LogP contribution in [0.2, 0.25) is 0 Å². The van der Waals surface area contributed by atoms with Crippen molar-refractivity contribution in [1.82, 2.24) is 10.2 Å². The van der Waals surface area contributed by atoms with E-state index in [1.807, 2.05) is 4.90 Å². The van der Waals surface area contributed by atoms with E-state index in [1.165, 1.54) is 18.9 Å². The number of carbonyl (C=O) groups is 2. The van der Waals surface area contributed by atoms with Gasteiger partial charge in [-0.25, -0.2) is 0 Å². The summed E-state index contributed by atoms with van der Waals surface area (Å²) in [6.07, 6.45) is 4.17. The van der Waals surface area contributed by atoms with Crippen LogP contribution in [0.25, 0.3) is 0 Å². The van der Waals surface area contributed by atoms with E-state index in [4.69, 9.17) is 0 Å². The Morgan fingerprint density at radius 1 is 1.60 bits per heavy atom. The third-order valence-corrected chi connectivity index (χ3v) is 2.92. The van der Waals surface area contributed by atoms with Gasteiger partial charge in [-0.1, -0.05) is 6.58 Å². The van der Waals surface area contributed by atoms with Crippen LogP contribution in [0.3, 0.4) is 0 Å². The molecule has 1 aliphatic carbocycles. The Morgan fingerprint density at radius 2 is 2.33 bits per heavy atom. The summed E-state index contributed by atoms with van der Waals surface area (Å²) in [6, 6.07) is -0.0262. The van der Waals surface area contributed by atoms with Crippen molar-refractivity contribution in [2.45, 2.75) is 25.3 Å². The summed E-state index contributed by atoms with van der Waals surface area (Å²) in [5.41, 5.74) is 0. The summed E-state index contributed by atoms with van der Waals surface area (Å²) in [6.45, 7) is 4.92. The van der Waals surface area contributed by atoms with Crippen LogP contribution in [0.5, 0.6) is 0 Å². The molecule has 82 valence electrons. The highest BCUT2D eigenvalue weighted by molar-refractivity contribution is 5.88. The molecule has 2 fully saturated rings. The summed E-state index contributed by atoms with van der Waals surface area (Å²) < 4.78 is 0. The smallest absolute Gasteiger partial charge is 0.243 e. The zero-order valence-electron chi connectivity index (χ0n) is 8.74. The van der Waals surface area contributed by atoms with Gasteiger partial charge in [-0.3, -0.25) is 9.59 Å². The standard InChI is InChI=1S/C11H16N2O2/c1-2-10(14)12-9-5-11(15)13(7-9)6-8-3-4-8/h2,8-9H,1,3-7H2,(H,12,14). The van der Waals surface area contributed by atoms with E-state index in [-0.39, 0.29) is 17.9 Å². The first-order valence-corrected chi connectivity index (χ1v) is 5.39. The molecule has 1 unspecified atom stereocenters. The maximum Gasteiger partial charge on any atom is 0.243 e. The van der Waals surface area contributed by atoms with Gasteiger partial charge < -0.3 is 10.2 Å². The SMILES string of the molecule is C=CC(=O)NC1CC(=O)N(CC2CC2)C1. The second-order valence-corrected chi connectivity index (χ2v) is 4.36. The lowest BCUT2D eigenvalue weighted by Gasteiger charge is -2.16. The largest absolute Gasteiger partial charge is 0.348 e. The molecule has 1 saturated carbocycles. The van der Waals surface area contributed by atoms with Crippen LogP contribution in [0, 0.1) is 5.92 Å². The lowest BCUT2D eigenvalue weighted by atomic mass is 10.2. The molecule has 4 heteroatoms. The topological polar surface area (TPSA) is 49.4 Å². The van der Waals surface area contributed by atoms with E-state index >= 15 is 0 Å². The Labute approximate surface area is 89.3 Å². The van der Waals surface area contributed by atoms with Crippen molar-refractivity contribution in [3.05, 3.63) is 12.7 Å². The van der Waals surface area contributed by atoms with E-state index in [1.54, 1.807) is 0 Å². The lowest BCUT2D eigenvalue weighted by molar-refractivity contribution is -0.127. The number of amides is 2. The molecule has 1 atom stereocenters. The molecule has 2 rings (SSSR count). The second kappa shape index (κ2) is 4.04. The van der Waals surface area contributed by atoms with Gasteiger partial charge in [-0.2, -0.15) is 0 Å². The lowest BCUT2D eigenvalue weighted by Crippen LogP contribution is -2.36. The van der Waals surface area contributed by atoms with Crippen LogP contribution in [0.1, 0.15) is 19.3 Å². The number of nitrogens with zero attached hydrogens (tertiary/aromatic N) is 1. The molecule has 0 bridgehead atoms. The van der Waals surface area contributed by atoms with E-state index in [9.17, 15) is 9.59 Å². The average molecular weight is 208 g/mol. The molecular formula is C11H16N2O2. The van der Waals surface area contributed by atoms with Gasteiger partial charge >= 0.3 is 0 Å². The second-order valence-electron chi connectivity index (χ2n) is 4.36. The highest BCUT2D eigenvalue weighted by Gasteiger charge is 2.34. The number of carbonyl (C=O) groups excluding carboxylic acids is 2. The van der Waals surface area contributed by atoms with Crippen molar-refractivity contribution in [3.63, 3.8) is 0 Å². The molecule has 4 nitrogen and oxygen atoms in total. The molecule has 15 heavy (non-hydrogen) atoms. The Hall–Kier alpha value is -1.32. The Bertz CT molecular complexity index is 297. The molecule has 0 radical (unpaired) electrons. The van der Waals surface area contributed by atoms with Crippen LogP contribution in [-0.2, 0) is 9.59 Å². The highest BCUT2D eigenvalue weighted by Crippen LogP contribution is 2.30. The van der Waals surface area contributed by atoms with Gasteiger partial charge in [0.1, 0.15) is 0 Å². The van der Waals surface area contributed by atoms with Gasteiger partial charge in [0, 0.05) is 19.5 Å². The third kappa shape index (κ3) is 2.58. The number of hydrogen-bond donors (Lipinski definition) is 1. The minimum atomic E-state index is -0.193. The van der Waals surface area contributed by atoms with E-state index in [2.05, 4.69) is 11.9 Å². The quantitative estimate of drug-likeness (QED) is 0.675. The monoisotopic (exact) mass is 208 g/mol. The van der Waals surface area contributed by atoms with Crippen LogP contribution >= 0.6 is 0 Å². The van der Waals surface area contributed by atoms with Gasteiger partial charge in [0.05, 0.1) is 6.04 Å². The van der Waals surface area contributed by atoms with Crippen molar-refractivity contribution in [2.75, 3.05) is 13.1 Å². The first kappa shape index (κ1) is 10.2. The number of nitrogens with one attached hydrogen (secondary N) is 1. The van der Waals surface area contributed by atoms with E-state index in [0.29, 0.717) is 18.9 Å². The van der Waals surface area contributed by atoms with Gasteiger partial charge in [-0.15, -0.1) is 0 Å². The number of likely N-dealkylation sites (tertiary alicyclic amines) is 1. The molecule has 1 N–H and O–H groups in total. The number of rotatable bonds is 4. The van der Waals surface area contributed by atoms with Crippen LogP contribution in [0.15, 0.2) is 12.7 Å². The normalized spacial score (nSPS) is 25.5. The van der Waals surface area contributed by atoms with E-state index < -0.39 is 0 Å². The average Bonchev–Trinajstić information content (AvgIpc) is 2.94. The van der Waals surface area contributed by atoms with Crippen molar-refractivity contribution in [2.24, 2.45) is 5.92 Å². The summed E-state index contributed by atoms with van der Waals surface area (Å²) in [7, 11) is 0. The Morgan fingerprint density at radius 3 is 2.93 bits per heavy atom. The van der Waals surface area contributed by atoms with Crippen molar-refractivity contribution < 1.29 is 9.59 Å². The predicted octanol–water partition coefficient (Wildman–Crippen LogP) is 0.299. The first-order valence-electron chi connectivity index (χ1n) is 5.39. The fourth-order valence-corrected chi connectivity index (χ4v) is 1.92. The predicted molar refractivity (Wildman–Crippen MR) is 56.0 cm³/mol. The maximum absolute atomic E-state index is 11.6. The fourth-order valence-electron chi connectivity index (χ4n) is 1.92. The summed E-state index contributed by atoms with van der Waals surface area (Å²) in [5.74, 6) is 0.681. The summed E-state index contributed by atoms with van der Waals surface area (Å²) >= 11 is 0. The van der Waals surface area contributed by atoms with Gasteiger partial charge in [-0.05, 0) is 24.8 Å². The van der Waals surface area contributed by atoms with Crippen molar-refractivity contribution >= 4 is 11.8 Å². The van der Waals surface area contributed by atoms with E-state index in [0.717, 1.165) is 6.54 Å². The zero-order chi connectivity index (χ0) is 10.8. The summed E-state index contributed by atoms with van der Waals surface area (Å²) in [4.78, 5) is 24.5. The highest BCUT2D eigenvalue weighted by atomic mass is 16.2. The third-order valence-electron chi connectivity index (χ3n) is 2.92. The first-order chi connectivity index (χ1) is 7.19. The molecule has 0 spiro atoms. The molecule has 1 saturated heterocycles. The minimum Gasteiger partial charge on any atom is -0.348 e. The minimum absolute atomic E-state index is 0.0262. The molecule has 0 aromatic carbocycles. The van der Waals surface area contributed by atoms with Crippen LogP contribution in [0.4, 0.5) is 0 Å². The summed E-state index contributed by atoms with van der Waals surface area (Å²) in [5, 5.41) is 2.76. The van der Waals surface area contributed by atoms with Gasteiger partial charge in [0.2, 0.25) is 11.8 Å². The molecule has 0 aromatic rings. The van der Waals surface area contributed by atoms with Crippen LogP contribution < -0.4 is 5.32 Å². The Kier molecular flexibility index (Phi) is 2.75. The van der Waals surface area contributed by atoms with Gasteiger partial charge in [0.15, 0.2) is 0 Å².